The number of hydrogen-bond donors (Lipinski definition) is 1. The molecule has 1 amide bonds. The lowest BCUT2D eigenvalue weighted by Crippen LogP contribution is -2.60. The van der Waals surface area contributed by atoms with Crippen LogP contribution in [-0.4, -0.2) is 66.8 Å². The lowest BCUT2D eigenvalue weighted by Gasteiger charge is -2.41. The minimum atomic E-state index is -0.487. The van der Waals surface area contributed by atoms with E-state index in [0.29, 0.717) is 13.2 Å². The van der Waals surface area contributed by atoms with Gasteiger partial charge >= 0.3 is 0 Å². The smallest absolute Gasteiger partial charge is 0.240 e. The highest BCUT2D eigenvalue weighted by molar-refractivity contribution is 5.85. The van der Waals surface area contributed by atoms with Gasteiger partial charge in [-0.3, -0.25) is 9.69 Å². The number of anilines is 1. The van der Waals surface area contributed by atoms with Gasteiger partial charge in [-0.2, -0.15) is 0 Å². The summed E-state index contributed by atoms with van der Waals surface area (Å²) in [5.74, 6) is 1.16. The Morgan fingerprint density at radius 1 is 1.20 bits per heavy atom. The molecule has 2 saturated heterocycles. The fraction of sp³-hybridized carbons (Fsp3) is 0.684. The Kier molecular flexibility index (Phi) is 5.59. The number of aryl methyl sites for hydroxylation is 1. The molecule has 25 heavy (non-hydrogen) atoms. The lowest BCUT2D eigenvalue weighted by molar-refractivity contribution is -0.135. The number of carbonyl (C=O) groups excluding carboxylic acids is 1. The summed E-state index contributed by atoms with van der Waals surface area (Å²) in [6.07, 6.45) is 3.83. The number of amides is 1. The molecule has 6 nitrogen and oxygen atoms in total. The number of rotatable bonds is 4. The second-order valence-electron chi connectivity index (χ2n) is 7.59. The third-order valence-electron chi connectivity index (χ3n) is 5.41. The van der Waals surface area contributed by atoms with Gasteiger partial charge in [0.25, 0.3) is 0 Å². The van der Waals surface area contributed by atoms with Crippen LogP contribution in [0, 0.1) is 6.92 Å². The molecule has 138 valence electrons. The molecule has 1 aromatic rings. The van der Waals surface area contributed by atoms with Crippen molar-refractivity contribution >= 4 is 11.7 Å². The molecule has 0 aliphatic carbocycles. The third-order valence-corrected chi connectivity index (χ3v) is 5.41. The van der Waals surface area contributed by atoms with Crippen LogP contribution in [0.3, 0.4) is 0 Å². The van der Waals surface area contributed by atoms with Crippen molar-refractivity contribution in [1.29, 1.82) is 0 Å². The molecule has 0 radical (unpaired) electrons. The van der Waals surface area contributed by atoms with Gasteiger partial charge in [-0.25, -0.2) is 4.98 Å². The SMILES string of the molecule is Cc1ccc(N2CCC(NC(=O)C(C)(C)N3CCOCC3)CC2)nc1. The van der Waals surface area contributed by atoms with Crippen molar-refractivity contribution in [2.45, 2.75) is 45.2 Å². The van der Waals surface area contributed by atoms with Gasteiger partial charge in [-0.1, -0.05) is 6.07 Å². The number of carbonyl (C=O) groups is 1. The van der Waals surface area contributed by atoms with E-state index in [0.717, 1.165) is 44.8 Å². The van der Waals surface area contributed by atoms with Gasteiger partial charge in [0.15, 0.2) is 0 Å². The van der Waals surface area contributed by atoms with Crippen LogP contribution in [0.1, 0.15) is 32.3 Å². The first-order chi connectivity index (χ1) is 12.0. The number of ether oxygens (including phenoxy) is 1. The molecule has 2 aliphatic heterocycles. The van der Waals surface area contributed by atoms with E-state index in [4.69, 9.17) is 4.74 Å². The van der Waals surface area contributed by atoms with Crippen molar-refractivity contribution in [3.05, 3.63) is 23.9 Å². The van der Waals surface area contributed by atoms with E-state index in [-0.39, 0.29) is 11.9 Å². The fourth-order valence-corrected chi connectivity index (χ4v) is 3.53. The highest BCUT2D eigenvalue weighted by atomic mass is 16.5. The molecule has 1 aromatic heterocycles. The third kappa shape index (κ3) is 4.30. The molecule has 3 rings (SSSR count). The normalized spacial score (nSPS) is 20.5. The van der Waals surface area contributed by atoms with Crippen LogP contribution in [0.25, 0.3) is 0 Å². The Labute approximate surface area is 150 Å². The van der Waals surface area contributed by atoms with Crippen LogP contribution in [0.15, 0.2) is 18.3 Å². The summed E-state index contributed by atoms with van der Waals surface area (Å²) >= 11 is 0. The van der Waals surface area contributed by atoms with Gasteiger partial charge in [0, 0.05) is 38.4 Å². The van der Waals surface area contributed by atoms with Crippen molar-refractivity contribution in [3.8, 4) is 0 Å². The van der Waals surface area contributed by atoms with Gasteiger partial charge in [0.05, 0.1) is 18.8 Å². The number of hydrogen-bond acceptors (Lipinski definition) is 5. The summed E-state index contributed by atoms with van der Waals surface area (Å²) in [7, 11) is 0. The largest absolute Gasteiger partial charge is 0.379 e. The Hall–Kier alpha value is -1.66. The molecule has 1 N–H and O–H groups in total. The standard InChI is InChI=1S/C19H30N4O2/c1-15-4-5-17(20-14-15)22-8-6-16(7-9-22)21-18(24)19(2,3)23-10-12-25-13-11-23/h4-5,14,16H,6-13H2,1-3H3,(H,21,24). The Morgan fingerprint density at radius 2 is 1.88 bits per heavy atom. The molecule has 0 saturated carbocycles. The predicted molar refractivity (Wildman–Crippen MR) is 98.8 cm³/mol. The molecule has 0 unspecified atom stereocenters. The first-order valence-corrected chi connectivity index (χ1v) is 9.28. The van der Waals surface area contributed by atoms with E-state index in [2.05, 4.69) is 39.2 Å². The van der Waals surface area contributed by atoms with E-state index >= 15 is 0 Å². The van der Waals surface area contributed by atoms with Crippen molar-refractivity contribution in [2.75, 3.05) is 44.3 Å². The minimum absolute atomic E-state index is 0.126. The summed E-state index contributed by atoms with van der Waals surface area (Å²) in [5.41, 5.74) is 0.690. The van der Waals surface area contributed by atoms with Gasteiger partial charge in [-0.15, -0.1) is 0 Å². The van der Waals surface area contributed by atoms with E-state index in [9.17, 15) is 4.79 Å². The molecule has 6 heteroatoms. The Bertz CT molecular complexity index is 574. The topological polar surface area (TPSA) is 57.7 Å². The summed E-state index contributed by atoms with van der Waals surface area (Å²) in [5, 5.41) is 3.27. The van der Waals surface area contributed by atoms with Crippen LogP contribution in [0.2, 0.25) is 0 Å². The Morgan fingerprint density at radius 3 is 2.48 bits per heavy atom. The summed E-state index contributed by atoms with van der Waals surface area (Å²) in [4.78, 5) is 21.8. The van der Waals surface area contributed by atoms with Crippen molar-refractivity contribution in [1.82, 2.24) is 15.2 Å². The molecule has 0 atom stereocenters. The van der Waals surface area contributed by atoms with E-state index in [1.54, 1.807) is 0 Å². The highest BCUT2D eigenvalue weighted by Crippen LogP contribution is 2.20. The quantitative estimate of drug-likeness (QED) is 0.897. The van der Waals surface area contributed by atoms with Gasteiger partial charge in [0.1, 0.15) is 5.82 Å². The predicted octanol–water partition coefficient (Wildman–Crippen LogP) is 1.59. The first kappa shape index (κ1) is 18.1. The van der Waals surface area contributed by atoms with Crippen molar-refractivity contribution in [2.24, 2.45) is 0 Å². The van der Waals surface area contributed by atoms with Gasteiger partial charge in [-0.05, 0) is 45.2 Å². The Balaban J connectivity index is 1.51. The lowest BCUT2D eigenvalue weighted by atomic mass is 9.98. The summed E-state index contributed by atoms with van der Waals surface area (Å²) in [6.45, 7) is 11.0. The number of pyridine rings is 1. The molecule has 0 spiro atoms. The zero-order valence-electron chi connectivity index (χ0n) is 15.6. The average molecular weight is 346 g/mol. The van der Waals surface area contributed by atoms with Crippen LogP contribution < -0.4 is 10.2 Å². The van der Waals surface area contributed by atoms with Crippen molar-refractivity contribution in [3.63, 3.8) is 0 Å². The maximum atomic E-state index is 12.8. The summed E-state index contributed by atoms with van der Waals surface area (Å²) < 4.78 is 5.40. The van der Waals surface area contributed by atoms with Gasteiger partial charge in [0.2, 0.25) is 5.91 Å². The molecular weight excluding hydrogens is 316 g/mol. The van der Waals surface area contributed by atoms with Crippen LogP contribution in [0.5, 0.6) is 0 Å². The number of aromatic nitrogens is 1. The van der Waals surface area contributed by atoms with E-state index < -0.39 is 5.54 Å². The van der Waals surface area contributed by atoms with Gasteiger partial charge < -0.3 is 15.0 Å². The number of piperidine rings is 1. The number of nitrogens with one attached hydrogen (secondary N) is 1. The second kappa shape index (κ2) is 7.70. The highest BCUT2D eigenvalue weighted by Gasteiger charge is 2.36. The fourth-order valence-electron chi connectivity index (χ4n) is 3.53. The van der Waals surface area contributed by atoms with Crippen LogP contribution >= 0.6 is 0 Å². The molecule has 2 fully saturated rings. The summed E-state index contributed by atoms with van der Waals surface area (Å²) in [6, 6.07) is 4.42. The van der Waals surface area contributed by atoms with E-state index in [1.165, 1.54) is 5.56 Å². The molecule has 0 bridgehead atoms. The number of morpholine rings is 1. The molecule has 3 heterocycles. The van der Waals surface area contributed by atoms with E-state index in [1.807, 2.05) is 20.0 Å². The molecular formula is C19H30N4O2. The van der Waals surface area contributed by atoms with Crippen molar-refractivity contribution < 1.29 is 9.53 Å². The monoisotopic (exact) mass is 346 g/mol. The zero-order valence-corrected chi connectivity index (χ0v) is 15.6. The average Bonchev–Trinajstić information content (AvgIpc) is 2.64. The second-order valence-corrected chi connectivity index (χ2v) is 7.59. The van der Waals surface area contributed by atoms with Crippen LogP contribution in [0.4, 0.5) is 5.82 Å². The zero-order chi connectivity index (χ0) is 17.9. The maximum Gasteiger partial charge on any atom is 0.240 e. The molecule has 2 aliphatic rings. The first-order valence-electron chi connectivity index (χ1n) is 9.28. The minimum Gasteiger partial charge on any atom is -0.379 e. The number of nitrogens with zero attached hydrogens (tertiary/aromatic N) is 3. The van der Waals surface area contributed by atoms with Crippen LogP contribution in [-0.2, 0) is 9.53 Å². The maximum absolute atomic E-state index is 12.8. The molecule has 0 aromatic carbocycles.